The molecule has 0 unspecified atom stereocenters. The monoisotopic (exact) mass is 371 g/mol. The van der Waals surface area contributed by atoms with E-state index in [4.69, 9.17) is 13.9 Å². The predicted octanol–water partition coefficient (Wildman–Crippen LogP) is 3.09. The summed E-state index contributed by atoms with van der Waals surface area (Å²) in [5.41, 5.74) is 1.77. The van der Waals surface area contributed by atoms with Gasteiger partial charge in [0.25, 0.3) is 11.8 Å². The molecule has 9 heteroatoms. The molecule has 0 spiro atoms. The first-order chi connectivity index (χ1) is 12.9. The molecule has 0 bridgehead atoms. The summed E-state index contributed by atoms with van der Waals surface area (Å²) < 4.78 is 17.7. The van der Waals surface area contributed by atoms with Crippen LogP contribution in [0.15, 0.2) is 28.7 Å². The predicted molar refractivity (Wildman–Crippen MR) is 98.1 cm³/mol. The Labute approximate surface area is 156 Å². The van der Waals surface area contributed by atoms with Gasteiger partial charge in [-0.25, -0.2) is 0 Å². The maximum Gasteiger partial charge on any atom is 0.322 e. The lowest BCUT2D eigenvalue weighted by Crippen LogP contribution is -2.19. The lowest BCUT2D eigenvalue weighted by molar-refractivity contribution is 0.101. The molecule has 9 nitrogen and oxygen atoms in total. The van der Waals surface area contributed by atoms with Crippen molar-refractivity contribution in [2.45, 2.75) is 26.8 Å². The summed E-state index contributed by atoms with van der Waals surface area (Å²) in [6, 6.07) is 6.95. The van der Waals surface area contributed by atoms with Gasteiger partial charge in [-0.2, -0.15) is 5.10 Å². The van der Waals surface area contributed by atoms with Gasteiger partial charge in [0.15, 0.2) is 0 Å². The van der Waals surface area contributed by atoms with Crippen LogP contribution in [-0.2, 0) is 0 Å². The Morgan fingerprint density at radius 3 is 2.63 bits per heavy atom. The van der Waals surface area contributed by atoms with E-state index in [2.05, 4.69) is 20.6 Å². The lowest BCUT2D eigenvalue weighted by atomic mass is 10.2. The van der Waals surface area contributed by atoms with Crippen molar-refractivity contribution < 1.29 is 18.7 Å². The van der Waals surface area contributed by atoms with Gasteiger partial charge in [-0.1, -0.05) is 5.10 Å². The van der Waals surface area contributed by atoms with Crippen LogP contribution in [0.2, 0.25) is 0 Å². The van der Waals surface area contributed by atoms with Gasteiger partial charge >= 0.3 is 6.01 Å². The fourth-order valence-electron chi connectivity index (χ4n) is 2.60. The van der Waals surface area contributed by atoms with Gasteiger partial charge in [0, 0.05) is 12.1 Å². The van der Waals surface area contributed by atoms with Gasteiger partial charge in [-0.3, -0.25) is 14.8 Å². The fraction of sp³-hybridized carbons (Fsp3) is 0.333. The van der Waals surface area contributed by atoms with Crippen molar-refractivity contribution in [1.82, 2.24) is 20.0 Å². The summed E-state index contributed by atoms with van der Waals surface area (Å²) in [6.07, 6.45) is 0. The fourth-order valence-corrected chi connectivity index (χ4v) is 2.60. The standard InChI is InChI=1S/C18H21N5O4/c1-10(2)23-14(8-11(3)22-23)16(24)19-18-21-20-17(27-18)13-7-6-12(25-4)9-15(13)26-5/h6-10H,1-5H3,(H,19,21,24). The van der Waals surface area contributed by atoms with Crippen LogP contribution in [0.3, 0.4) is 0 Å². The topological polar surface area (TPSA) is 104 Å². The van der Waals surface area contributed by atoms with Gasteiger partial charge < -0.3 is 13.9 Å². The Morgan fingerprint density at radius 2 is 1.96 bits per heavy atom. The number of nitrogens with zero attached hydrogens (tertiary/aromatic N) is 4. The van der Waals surface area contributed by atoms with Gasteiger partial charge in [0.1, 0.15) is 17.2 Å². The van der Waals surface area contributed by atoms with Gasteiger partial charge in [-0.05, 0) is 39.0 Å². The lowest BCUT2D eigenvalue weighted by Gasteiger charge is -2.09. The van der Waals surface area contributed by atoms with Crippen LogP contribution >= 0.6 is 0 Å². The second-order valence-corrected chi connectivity index (χ2v) is 6.14. The molecule has 2 heterocycles. The molecule has 2 aromatic heterocycles. The summed E-state index contributed by atoms with van der Waals surface area (Å²) in [4.78, 5) is 12.6. The van der Waals surface area contributed by atoms with Crippen molar-refractivity contribution >= 4 is 11.9 Å². The van der Waals surface area contributed by atoms with E-state index in [1.54, 1.807) is 36.1 Å². The summed E-state index contributed by atoms with van der Waals surface area (Å²) in [5.74, 6) is 1.00. The first-order valence-electron chi connectivity index (χ1n) is 8.36. The molecule has 0 fully saturated rings. The number of hydrogen-bond acceptors (Lipinski definition) is 7. The average molecular weight is 371 g/mol. The normalized spacial score (nSPS) is 10.9. The molecule has 1 amide bonds. The number of hydrogen-bond donors (Lipinski definition) is 1. The summed E-state index contributed by atoms with van der Waals surface area (Å²) in [5, 5.41) is 14.8. The van der Waals surface area contributed by atoms with Crippen molar-refractivity contribution in [1.29, 1.82) is 0 Å². The number of amides is 1. The molecule has 27 heavy (non-hydrogen) atoms. The van der Waals surface area contributed by atoms with Crippen LogP contribution < -0.4 is 14.8 Å². The first-order valence-corrected chi connectivity index (χ1v) is 8.36. The van der Waals surface area contributed by atoms with Crippen molar-refractivity contribution in [2.24, 2.45) is 0 Å². The summed E-state index contributed by atoms with van der Waals surface area (Å²) in [7, 11) is 3.10. The number of anilines is 1. The smallest absolute Gasteiger partial charge is 0.322 e. The Morgan fingerprint density at radius 1 is 1.19 bits per heavy atom. The van der Waals surface area contributed by atoms with Gasteiger partial charge in [0.05, 0.1) is 25.5 Å². The molecule has 0 aliphatic carbocycles. The van der Waals surface area contributed by atoms with Crippen molar-refractivity contribution in [2.75, 3.05) is 19.5 Å². The molecule has 3 rings (SSSR count). The van der Waals surface area contributed by atoms with Crippen LogP contribution in [0, 0.1) is 6.92 Å². The van der Waals surface area contributed by atoms with E-state index in [0.717, 1.165) is 5.69 Å². The average Bonchev–Trinajstić information content (AvgIpc) is 3.27. The molecule has 142 valence electrons. The van der Waals surface area contributed by atoms with E-state index in [9.17, 15) is 4.79 Å². The molecule has 0 saturated heterocycles. The van der Waals surface area contributed by atoms with Crippen LogP contribution in [-0.4, -0.2) is 40.1 Å². The highest BCUT2D eigenvalue weighted by molar-refractivity contribution is 6.02. The number of aromatic nitrogens is 4. The number of carbonyl (C=O) groups excluding carboxylic acids is 1. The highest BCUT2D eigenvalue weighted by Gasteiger charge is 2.20. The molecular formula is C18H21N5O4. The van der Waals surface area contributed by atoms with Crippen molar-refractivity contribution in [3.05, 3.63) is 35.7 Å². The molecule has 0 radical (unpaired) electrons. The molecule has 0 aliphatic heterocycles. The van der Waals surface area contributed by atoms with Crippen LogP contribution in [0.1, 0.15) is 36.1 Å². The zero-order valence-corrected chi connectivity index (χ0v) is 15.8. The van der Waals surface area contributed by atoms with E-state index < -0.39 is 0 Å². The maximum atomic E-state index is 12.6. The Bertz CT molecular complexity index is 961. The third kappa shape index (κ3) is 3.76. The van der Waals surface area contributed by atoms with Gasteiger partial charge in [0.2, 0.25) is 0 Å². The third-order valence-corrected chi connectivity index (χ3v) is 3.86. The summed E-state index contributed by atoms with van der Waals surface area (Å²) in [6.45, 7) is 5.73. The van der Waals surface area contributed by atoms with Crippen LogP contribution in [0.5, 0.6) is 11.5 Å². The van der Waals surface area contributed by atoms with Crippen molar-refractivity contribution in [3.63, 3.8) is 0 Å². The zero-order chi connectivity index (χ0) is 19.6. The van der Waals surface area contributed by atoms with Crippen molar-refractivity contribution in [3.8, 4) is 23.0 Å². The van der Waals surface area contributed by atoms with Crippen LogP contribution in [0.25, 0.3) is 11.5 Å². The number of nitrogens with one attached hydrogen (secondary N) is 1. The minimum Gasteiger partial charge on any atom is -0.497 e. The molecule has 3 aromatic rings. The number of rotatable bonds is 6. The summed E-state index contributed by atoms with van der Waals surface area (Å²) >= 11 is 0. The highest BCUT2D eigenvalue weighted by atomic mass is 16.5. The quantitative estimate of drug-likeness (QED) is 0.710. The Kier molecular flexibility index (Phi) is 5.11. The first kappa shape index (κ1) is 18.4. The minimum atomic E-state index is -0.374. The third-order valence-electron chi connectivity index (χ3n) is 3.86. The highest BCUT2D eigenvalue weighted by Crippen LogP contribution is 2.33. The van der Waals surface area contributed by atoms with E-state index in [0.29, 0.717) is 22.8 Å². The van der Waals surface area contributed by atoms with E-state index >= 15 is 0 Å². The number of benzene rings is 1. The van der Waals surface area contributed by atoms with Crippen LogP contribution in [0.4, 0.5) is 6.01 Å². The maximum absolute atomic E-state index is 12.6. The second-order valence-electron chi connectivity index (χ2n) is 6.14. The second kappa shape index (κ2) is 7.48. The molecule has 0 saturated carbocycles. The number of methoxy groups -OCH3 is 2. The van der Waals surface area contributed by atoms with Gasteiger partial charge in [-0.15, -0.1) is 5.10 Å². The SMILES string of the molecule is COc1ccc(-c2nnc(NC(=O)c3cc(C)nn3C(C)C)o2)c(OC)c1. The van der Waals surface area contributed by atoms with E-state index in [1.807, 2.05) is 20.8 Å². The molecule has 0 aliphatic rings. The molecular weight excluding hydrogens is 350 g/mol. The number of carbonyl (C=O) groups is 1. The minimum absolute atomic E-state index is 0.0120. The van der Waals surface area contributed by atoms with E-state index in [-0.39, 0.29) is 23.9 Å². The molecule has 1 aromatic carbocycles. The number of aryl methyl sites for hydroxylation is 1. The molecule has 0 atom stereocenters. The van der Waals surface area contributed by atoms with E-state index in [1.165, 1.54) is 7.11 Å². The molecule has 1 N–H and O–H groups in total. The Hall–Kier alpha value is -3.36. The largest absolute Gasteiger partial charge is 0.497 e. The number of ether oxygens (including phenoxy) is 2. The Balaban J connectivity index is 1.84. The zero-order valence-electron chi connectivity index (χ0n) is 15.8.